The van der Waals surface area contributed by atoms with Crippen molar-refractivity contribution in [1.29, 1.82) is 0 Å². The fraction of sp³-hybridized carbons (Fsp3) is 0.312. The lowest BCUT2D eigenvalue weighted by Crippen LogP contribution is -2.39. The highest BCUT2D eigenvalue weighted by Gasteiger charge is 2.31. The van der Waals surface area contributed by atoms with Crippen molar-refractivity contribution < 1.29 is 9.32 Å². The Kier molecular flexibility index (Phi) is 3.78. The van der Waals surface area contributed by atoms with Gasteiger partial charge in [0.2, 0.25) is 6.39 Å². The summed E-state index contributed by atoms with van der Waals surface area (Å²) in [5.74, 6) is 1.11. The van der Waals surface area contributed by atoms with Gasteiger partial charge in [-0.25, -0.2) is 9.67 Å². The zero-order valence-corrected chi connectivity index (χ0v) is 12.9. The van der Waals surface area contributed by atoms with Crippen LogP contribution in [0.5, 0.6) is 0 Å². The normalized spacial score (nSPS) is 17.8. The summed E-state index contributed by atoms with van der Waals surface area (Å²) in [7, 11) is 0. The first-order valence-electron chi connectivity index (χ1n) is 7.86. The maximum atomic E-state index is 13.0. The van der Waals surface area contributed by atoms with Crippen LogP contribution in [0.2, 0.25) is 0 Å². The standard InChI is InChI=1S/C16H16N6O2/c23-16(12-5-7-17-14(10-12)22-9-3-6-19-22)21-8-2-1-4-13(21)15-18-11-24-20-15/h3,5-7,9-11,13H,1-2,4,8H2. The number of piperidine rings is 1. The molecule has 1 saturated heterocycles. The molecule has 0 N–H and O–H groups in total. The van der Waals surface area contributed by atoms with Gasteiger partial charge in [0.05, 0.1) is 6.04 Å². The van der Waals surface area contributed by atoms with Crippen LogP contribution in [0, 0.1) is 0 Å². The number of hydrogen-bond donors (Lipinski definition) is 0. The summed E-state index contributed by atoms with van der Waals surface area (Å²) in [6, 6.07) is 5.13. The third-order valence-corrected chi connectivity index (χ3v) is 4.17. The Morgan fingerprint density at radius 2 is 2.21 bits per heavy atom. The van der Waals surface area contributed by atoms with Gasteiger partial charge < -0.3 is 9.42 Å². The Bertz CT molecular complexity index is 815. The van der Waals surface area contributed by atoms with Gasteiger partial charge in [-0.1, -0.05) is 5.16 Å². The van der Waals surface area contributed by atoms with E-state index in [4.69, 9.17) is 4.52 Å². The number of likely N-dealkylation sites (tertiary alicyclic amines) is 1. The number of hydrogen-bond acceptors (Lipinski definition) is 6. The number of rotatable bonds is 3. The van der Waals surface area contributed by atoms with Gasteiger partial charge in [0.1, 0.15) is 0 Å². The van der Waals surface area contributed by atoms with E-state index in [9.17, 15) is 4.79 Å². The Morgan fingerprint density at radius 1 is 1.25 bits per heavy atom. The molecule has 4 rings (SSSR count). The van der Waals surface area contributed by atoms with Gasteiger partial charge in [0, 0.05) is 30.7 Å². The first-order valence-corrected chi connectivity index (χ1v) is 7.86. The van der Waals surface area contributed by atoms with Crippen LogP contribution < -0.4 is 0 Å². The number of carbonyl (C=O) groups is 1. The van der Waals surface area contributed by atoms with E-state index in [1.165, 1.54) is 6.39 Å². The molecule has 8 heteroatoms. The van der Waals surface area contributed by atoms with Crippen LogP contribution in [0.1, 0.15) is 41.5 Å². The fourth-order valence-electron chi connectivity index (χ4n) is 3.02. The second-order valence-electron chi connectivity index (χ2n) is 5.65. The van der Waals surface area contributed by atoms with Crippen molar-refractivity contribution in [3.05, 3.63) is 54.6 Å². The van der Waals surface area contributed by atoms with E-state index in [0.29, 0.717) is 23.8 Å². The summed E-state index contributed by atoms with van der Waals surface area (Å²) < 4.78 is 6.48. The lowest BCUT2D eigenvalue weighted by atomic mass is 10.0. The lowest BCUT2D eigenvalue weighted by molar-refractivity contribution is 0.0596. The van der Waals surface area contributed by atoms with Crippen molar-refractivity contribution in [2.45, 2.75) is 25.3 Å². The summed E-state index contributed by atoms with van der Waals surface area (Å²) in [4.78, 5) is 23.2. The number of nitrogens with zero attached hydrogens (tertiary/aromatic N) is 6. The van der Waals surface area contributed by atoms with Crippen molar-refractivity contribution in [2.24, 2.45) is 0 Å². The van der Waals surface area contributed by atoms with E-state index in [1.807, 2.05) is 11.0 Å². The number of carbonyl (C=O) groups excluding carboxylic acids is 1. The summed E-state index contributed by atoms with van der Waals surface area (Å²) in [6.07, 6.45) is 9.23. The first-order chi connectivity index (χ1) is 11.8. The molecule has 1 unspecified atom stereocenters. The molecule has 1 atom stereocenters. The van der Waals surface area contributed by atoms with E-state index < -0.39 is 0 Å². The highest BCUT2D eigenvalue weighted by atomic mass is 16.5. The minimum Gasteiger partial charge on any atom is -0.343 e. The van der Waals surface area contributed by atoms with Crippen molar-refractivity contribution in [3.63, 3.8) is 0 Å². The molecular formula is C16H16N6O2. The van der Waals surface area contributed by atoms with E-state index in [-0.39, 0.29) is 11.9 Å². The minimum absolute atomic E-state index is 0.0553. The topological polar surface area (TPSA) is 89.9 Å². The molecule has 122 valence electrons. The van der Waals surface area contributed by atoms with Crippen molar-refractivity contribution in [2.75, 3.05) is 6.54 Å². The Hall–Kier alpha value is -3.03. The molecule has 0 spiro atoms. The average Bonchev–Trinajstić information content (AvgIpc) is 3.35. The molecule has 0 bridgehead atoms. The molecule has 4 heterocycles. The summed E-state index contributed by atoms with van der Waals surface area (Å²) in [5.41, 5.74) is 0.575. The summed E-state index contributed by atoms with van der Waals surface area (Å²) >= 11 is 0. The molecule has 1 amide bonds. The molecule has 0 radical (unpaired) electrons. The van der Waals surface area contributed by atoms with Crippen molar-refractivity contribution in [3.8, 4) is 5.82 Å². The molecule has 1 aliphatic rings. The van der Waals surface area contributed by atoms with E-state index in [0.717, 1.165) is 19.3 Å². The largest absolute Gasteiger partial charge is 0.343 e. The lowest BCUT2D eigenvalue weighted by Gasteiger charge is -2.33. The first kappa shape index (κ1) is 14.6. The van der Waals surface area contributed by atoms with Gasteiger partial charge in [-0.05, 0) is 37.5 Å². The van der Waals surface area contributed by atoms with Crippen LogP contribution in [-0.2, 0) is 0 Å². The van der Waals surface area contributed by atoms with E-state index in [2.05, 4.69) is 20.2 Å². The highest BCUT2D eigenvalue weighted by molar-refractivity contribution is 5.94. The Balaban J connectivity index is 1.63. The smallest absolute Gasteiger partial charge is 0.254 e. The second kappa shape index (κ2) is 6.23. The maximum Gasteiger partial charge on any atom is 0.254 e. The monoisotopic (exact) mass is 324 g/mol. The SMILES string of the molecule is O=C(c1ccnc(-n2cccn2)c1)N1CCCCC1c1ncon1. The third-order valence-electron chi connectivity index (χ3n) is 4.17. The number of amides is 1. The van der Waals surface area contributed by atoms with Crippen LogP contribution in [-0.4, -0.2) is 42.3 Å². The zero-order valence-electron chi connectivity index (χ0n) is 12.9. The van der Waals surface area contributed by atoms with Gasteiger partial charge in [-0.2, -0.15) is 10.1 Å². The maximum absolute atomic E-state index is 13.0. The molecular weight excluding hydrogens is 308 g/mol. The fourth-order valence-corrected chi connectivity index (χ4v) is 3.02. The van der Waals surface area contributed by atoms with Crippen molar-refractivity contribution in [1.82, 2.24) is 29.8 Å². The molecule has 0 saturated carbocycles. The zero-order chi connectivity index (χ0) is 16.4. The molecule has 8 nitrogen and oxygen atoms in total. The Morgan fingerprint density at radius 3 is 3.00 bits per heavy atom. The van der Waals surface area contributed by atoms with Crippen LogP contribution in [0.4, 0.5) is 0 Å². The summed E-state index contributed by atoms with van der Waals surface area (Å²) in [5, 5.41) is 8.07. The molecule has 3 aromatic rings. The van der Waals surface area contributed by atoms with Gasteiger partial charge in [-0.15, -0.1) is 0 Å². The van der Waals surface area contributed by atoms with E-state index in [1.54, 1.807) is 35.4 Å². The van der Waals surface area contributed by atoms with Crippen molar-refractivity contribution >= 4 is 5.91 Å². The molecule has 24 heavy (non-hydrogen) atoms. The van der Waals surface area contributed by atoms with Gasteiger partial charge in [0.25, 0.3) is 5.91 Å². The molecule has 1 fully saturated rings. The molecule has 3 aromatic heterocycles. The Labute approximate surface area is 138 Å². The molecule has 0 aromatic carbocycles. The average molecular weight is 324 g/mol. The molecule has 1 aliphatic heterocycles. The predicted octanol–water partition coefficient (Wildman–Crippen LogP) is 2.02. The second-order valence-corrected chi connectivity index (χ2v) is 5.65. The number of aromatic nitrogens is 5. The van der Waals surface area contributed by atoms with Crippen LogP contribution in [0.3, 0.4) is 0 Å². The van der Waals surface area contributed by atoms with Gasteiger partial charge in [-0.3, -0.25) is 4.79 Å². The third kappa shape index (κ3) is 2.66. The van der Waals surface area contributed by atoms with Crippen LogP contribution in [0.25, 0.3) is 5.82 Å². The van der Waals surface area contributed by atoms with Crippen LogP contribution in [0.15, 0.2) is 47.7 Å². The predicted molar refractivity (Wildman–Crippen MR) is 83.3 cm³/mol. The van der Waals surface area contributed by atoms with E-state index >= 15 is 0 Å². The minimum atomic E-state index is -0.147. The van der Waals surface area contributed by atoms with Crippen LogP contribution >= 0.6 is 0 Å². The summed E-state index contributed by atoms with van der Waals surface area (Å²) in [6.45, 7) is 0.678. The van der Waals surface area contributed by atoms with Gasteiger partial charge >= 0.3 is 0 Å². The molecule has 0 aliphatic carbocycles. The number of pyridine rings is 1. The van der Waals surface area contributed by atoms with Gasteiger partial charge in [0.15, 0.2) is 11.6 Å². The highest BCUT2D eigenvalue weighted by Crippen LogP contribution is 2.30. The quantitative estimate of drug-likeness (QED) is 0.732.